The molecule has 0 radical (unpaired) electrons. The Morgan fingerprint density at radius 2 is 1.88 bits per heavy atom. The summed E-state index contributed by atoms with van der Waals surface area (Å²) in [7, 11) is 0. The molecule has 2 aromatic rings. The van der Waals surface area contributed by atoms with Gasteiger partial charge in [-0.2, -0.15) is 0 Å². The van der Waals surface area contributed by atoms with Crippen LogP contribution in [0.25, 0.3) is 0 Å². The van der Waals surface area contributed by atoms with Gasteiger partial charge in [0.05, 0.1) is 6.04 Å². The van der Waals surface area contributed by atoms with Gasteiger partial charge in [-0.1, -0.05) is 48.7 Å². The molecular formula is C27H32N2O3. The Labute approximate surface area is 190 Å². The van der Waals surface area contributed by atoms with E-state index in [-0.39, 0.29) is 30.4 Å². The van der Waals surface area contributed by atoms with Crippen LogP contribution >= 0.6 is 0 Å². The van der Waals surface area contributed by atoms with Gasteiger partial charge in [-0.05, 0) is 67.9 Å². The highest BCUT2D eigenvalue weighted by molar-refractivity contribution is 5.81. The molecule has 1 heterocycles. The fourth-order valence-electron chi connectivity index (χ4n) is 5.17. The van der Waals surface area contributed by atoms with Crippen molar-refractivity contribution < 1.29 is 14.3 Å². The van der Waals surface area contributed by atoms with Crippen molar-refractivity contribution in [3.8, 4) is 5.75 Å². The smallest absolute Gasteiger partial charge is 0.258 e. The number of carbonyl (C=O) groups is 2. The first kappa shape index (κ1) is 21.0. The Morgan fingerprint density at radius 3 is 2.62 bits per heavy atom. The number of fused-ring (bicyclic) bond motifs is 1. The van der Waals surface area contributed by atoms with E-state index in [1.54, 1.807) is 0 Å². The number of carbonyl (C=O) groups excluding carboxylic acids is 2. The maximum Gasteiger partial charge on any atom is 0.258 e. The van der Waals surface area contributed by atoms with E-state index in [1.807, 2.05) is 12.1 Å². The third-order valence-electron chi connectivity index (χ3n) is 7.00. The van der Waals surface area contributed by atoms with E-state index >= 15 is 0 Å². The molecule has 2 amide bonds. The molecule has 2 aromatic carbocycles. The minimum absolute atomic E-state index is 0.0229. The van der Waals surface area contributed by atoms with Gasteiger partial charge in [0.15, 0.2) is 6.61 Å². The number of benzene rings is 2. The van der Waals surface area contributed by atoms with Gasteiger partial charge in [0.25, 0.3) is 5.91 Å². The molecule has 1 unspecified atom stereocenters. The van der Waals surface area contributed by atoms with Crippen molar-refractivity contribution in [2.75, 3.05) is 13.2 Å². The van der Waals surface area contributed by atoms with E-state index in [1.165, 1.54) is 11.1 Å². The lowest BCUT2D eigenvalue weighted by Crippen LogP contribution is -2.43. The molecule has 0 bridgehead atoms. The van der Waals surface area contributed by atoms with E-state index in [4.69, 9.17) is 4.74 Å². The van der Waals surface area contributed by atoms with Crippen molar-refractivity contribution in [3.05, 3.63) is 64.7 Å². The molecule has 2 saturated carbocycles. The monoisotopic (exact) mass is 432 g/mol. The molecule has 1 aliphatic heterocycles. The van der Waals surface area contributed by atoms with Crippen LogP contribution in [0.15, 0.2) is 42.5 Å². The summed E-state index contributed by atoms with van der Waals surface area (Å²) >= 11 is 0. The SMILES string of the molecule is Cc1cccc(C2c3cc(OCC(=O)NC4CC4)ccc3CCN2C(=O)C2CCCC2)c1. The second kappa shape index (κ2) is 8.97. The predicted octanol–water partition coefficient (Wildman–Crippen LogP) is 4.32. The van der Waals surface area contributed by atoms with E-state index in [2.05, 4.69) is 47.5 Å². The average molecular weight is 433 g/mol. The Hall–Kier alpha value is -2.82. The molecule has 0 saturated heterocycles. The molecule has 5 nitrogen and oxygen atoms in total. The summed E-state index contributed by atoms with van der Waals surface area (Å²) in [5.74, 6) is 1.05. The second-order valence-electron chi connectivity index (χ2n) is 9.57. The van der Waals surface area contributed by atoms with Crippen LogP contribution in [0.1, 0.15) is 66.8 Å². The minimum atomic E-state index is -0.115. The zero-order valence-corrected chi connectivity index (χ0v) is 18.8. The summed E-state index contributed by atoms with van der Waals surface area (Å²) in [6, 6.07) is 14.8. The molecule has 2 aliphatic carbocycles. The molecule has 32 heavy (non-hydrogen) atoms. The lowest BCUT2D eigenvalue weighted by molar-refractivity contribution is -0.137. The Balaban J connectivity index is 1.44. The molecule has 5 heteroatoms. The highest BCUT2D eigenvalue weighted by Gasteiger charge is 2.36. The largest absolute Gasteiger partial charge is 0.484 e. The van der Waals surface area contributed by atoms with Crippen molar-refractivity contribution in [2.24, 2.45) is 5.92 Å². The summed E-state index contributed by atoms with van der Waals surface area (Å²) in [5.41, 5.74) is 4.70. The first-order valence-electron chi connectivity index (χ1n) is 12.0. The van der Waals surface area contributed by atoms with Crippen LogP contribution in [-0.2, 0) is 16.0 Å². The first-order valence-corrected chi connectivity index (χ1v) is 12.0. The Morgan fingerprint density at radius 1 is 1.06 bits per heavy atom. The van der Waals surface area contributed by atoms with Gasteiger partial charge in [0, 0.05) is 18.5 Å². The number of nitrogens with one attached hydrogen (secondary N) is 1. The number of aryl methyl sites for hydroxylation is 1. The van der Waals surface area contributed by atoms with Gasteiger partial charge in [-0.3, -0.25) is 9.59 Å². The van der Waals surface area contributed by atoms with Gasteiger partial charge >= 0.3 is 0 Å². The molecule has 2 fully saturated rings. The van der Waals surface area contributed by atoms with Crippen molar-refractivity contribution >= 4 is 11.8 Å². The van der Waals surface area contributed by atoms with E-state index in [0.29, 0.717) is 11.8 Å². The normalized spacial score (nSPS) is 20.7. The zero-order chi connectivity index (χ0) is 22.1. The van der Waals surface area contributed by atoms with Gasteiger partial charge in [0.1, 0.15) is 5.75 Å². The van der Waals surface area contributed by atoms with Crippen LogP contribution in [0.2, 0.25) is 0 Å². The molecule has 1 atom stereocenters. The molecule has 5 rings (SSSR count). The fourth-order valence-corrected chi connectivity index (χ4v) is 5.17. The second-order valence-corrected chi connectivity index (χ2v) is 9.57. The van der Waals surface area contributed by atoms with Crippen LogP contribution in [0.3, 0.4) is 0 Å². The minimum Gasteiger partial charge on any atom is -0.484 e. The van der Waals surface area contributed by atoms with Crippen LogP contribution < -0.4 is 10.1 Å². The van der Waals surface area contributed by atoms with Crippen molar-refractivity contribution in [3.63, 3.8) is 0 Å². The first-order chi connectivity index (χ1) is 15.6. The van der Waals surface area contributed by atoms with Crippen LogP contribution in [-0.4, -0.2) is 35.9 Å². The molecular weight excluding hydrogens is 400 g/mol. The summed E-state index contributed by atoms with van der Waals surface area (Å²) in [6.07, 6.45) is 7.28. The molecule has 168 valence electrons. The zero-order valence-electron chi connectivity index (χ0n) is 18.8. The quantitative estimate of drug-likeness (QED) is 0.740. The Bertz CT molecular complexity index is 1010. The van der Waals surface area contributed by atoms with E-state index in [0.717, 1.165) is 62.6 Å². The van der Waals surface area contributed by atoms with Crippen LogP contribution in [0, 0.1) is 12.8 Å². The summed E-state index contributed by atoms with van der Waals surface area (Å²) in [5, 5.41) is 2.96. The van der Waals surface area contributed by atoms with Crippen molar-refractivity contribution in [1.82, 2.24) is 10.2 Å². The predicted molar refractivity (Wildman–Crippen MR) is 123 cm³/mol. The number of hydrogen-bond acceptors (Lipinski definition) is 3. The number of hydrogen-bond donors (Lipinski definition) is 1. The number of rotatable bonds is 6. The van der Waals surface area contributed by atoms with E-state index in [9.17, 15) is 9.59 Å². The summed E-state index contributed by atoms with van der Waals surface area (Å²) in [4.78, 5) is 27.7. The Kier molecular flexibility index (Phi) is 5.90. The number of nitrogens with zero attached hydrogens (tertiary/aromatic N) is 1. The van der Waals surface area contributed by atoms with E-state index < -0.39 is 0 Å². The van der Waals surface area contributed by atoms with Crippen molar-refractivity contribution in [1.29, 1.82) is 0 Å². The van der Waals surface area contributed by atoms with Gasteiger partial charge in [0.2, 0.25) is 5.91 Å². The van der Waals surface area contributed by atoms with Crippen LogP contribution in [0.4, 0.5) is 0 Å². The highest BCUT2D eigenvalue weighted by Crippen LogP contribution is 2.39. The maximum atomic E-state index is 13.5. The number of ether oxygens (including phenoxy) is 1. The molecule has 0 spiro atoms. The van der Waals surface area contributed by atoms with Crippen LogP contribution in [0.5, 0.6) is 5.75 Å². The third-order valence-corrected chi connectivity index (χ3v) is 7.00. The van der Waals surface area contributed by atoms with Gasteiger partial charge < -0.3 is 15.0 Å². The maximum absolute atomic E-state index is 13.5. The van der Waals surface area contributed by atoms with Crippen molar-refractivity contribution in [2.45, 2.75) is 64.0 Å². The number of amides is 2. The average Bonchev–Trinajstić information content (AvgIpc) is 3.43. The highest BCUT2D eigenvalue weighted by atomic mass is 16.5. The summed E-state index contributed by atoms with van der Waals surface area (Å²) < 4.78 is 5.85. The van der Waals surface area contributed by atoms with Gasteiger partial charge in [-0.25, -0.2) is 0 Å². The molecule has 0 aromatic heterocycles. The van der Waals surface area contributed by atoms with Gasteiger partial charge in [-0.15, -0.1) is 0 Å². The lowest BCUT2D eigenvalue weighted by Gasteiger charge is -2.39. The molecule has 3 aliphatic rings. The summed E-state index contributed by atoms with van der Waals surface area (Å²) in [6.45, 7) is 2.86. The lowest BCUT2D eigenvalue weighted by atomic mass is 9.86. The topological polar surface area (TPSA) is 58.6 Å². The standard InChI is InChI=1S/C27H32N2O3/c1-18-5-4-8-21(15-18)26-24-16-23(32-17-25(30)28-22-10-11-22)12-9-19(24)13-14-29(26)27(31)20-6-2-3-7-20/h4-5,8-9,12,15-16,20,22,26H,2-3,6-7,10-11,13-14,17H2,1H3,(H,28,30). The third kappa shape index (κ3) is 4.52. The fraction of sp³-hybridized carbons (Fsp3) is 0.481. The molecule has 1 N–H and O–H groups in total.